The molecule has 1 aromatic heterocycles. The van der Waals surface area contributed by atoms with E-state index in [1.54, 1.807) is 24.4 Å². The van der Waals surface area contributed by atoms with Crippen molar-refractivity contribution in [1.29, 1.82) is 0 Å². The average Bonchev–Trinajstić information content (AvgIpc) is 3.48. The fourth-order valence-electron chi connectivity index (χ4n) is 5.10. The molecule has 0 spiro atoms. The zero-order chi connectivity index (χ0) is 21.6. The largest absolute Gasteiger partial charge is 0.489 e. The van der Waals surface area contributed by atoms with Gasteiger partial charge in [-0.3, -0.25) is 4.79 Å². The highest BCUT2D eigenvalue weighted by molar-refractivity contribution is 6.32. The van der Waals surface area contributed by atoms with Gasteiger partial charge in [-0.1, -0.05) is 23.7 Å². The zero-order valence-electron chi connectivity index (χ0n) is 17.3. The second-order valence-corrected chi connectivity index (χ2v) is 9.73. The Bertz CT molecular complexity index is 1160. The number of rotatable bonds is 5. The molecule has 4 nitrogen and oxygen atoms in total. The number of hydrogen-bond donors (Lipinski definition) is 2. The Morgan fingerprint density at radius 2 is 1.81 bits per heavy atom. The van der Waals surface area contributed by atoms with Crippen LogP contribution in [0, 0.1) is 5.82 Å². The van der Waals surface area contributed by atoms with Crippen molar-refractivity contribution < 1.29 is 9.13 Å². The third-order valence-corrected chi connectivity index (χ3v) is 7.34. The van der Waals surface area contributed by atoms with Crippen LogP contribution in [-0.2, 0) is 5.41 Å². The predicted molar refractivity (Wildman–Crippen MR) is 121 cm³/mol. The summed E-state index contributed by atoms with van der Waals surface area (Å²) in [6, 6.07) is 12.3. The normalized spacial score (nSPS) is 24.8. The highest BCUT2D eigenvalue weighted by Gasteiger charge is 2.48. The summed E-state index contributed by atoms with van der Waals surface area (Å²) in [6.07, 6.45) is 8.33. The SMILES string of the molecule is NC1(C[C@]2(c3ccc(F)cc3)CC[C@@H](Oc3cc4cc[nH]c(=O)c4cc3Cl)CC2)CC1. The van der Waals surface area contributed by atoms with Crippen molar-refractivity contribution in [3.63, 3.8) is 0 Å². The fourth-order valence-corrected chi connectivity index (χ4v) is 5.31. The van der Waals surface area contributed by atoms with Gasteiger partial charge in [-0.05, 0) is 91.6 Å². The molecule has 2 aliphatic carbocycles. The molecule has 0 radical (unpaired) electrons. The Morgan fingerprint density at radius 3 is 2.48 bits per heavy atom. The van der Waals surface area contributed by atoms with Crippen LogP contribution in [0.2, 0.25) is 5.02 Å². The minimum Gasteiger partial charge on any atom is -0.489 e. The average molecular weight is 441 g/mol. The molecular formula is C25H26ClFN2O2. The molecule has 1 heterocycles. The van der Waals surface area contributed by atoms with Crippen molar-refractivity contribution in [3.8, 4) is 5.75 Å². The van der Waals surface area contributed by atoms with Gasteiger partial charge in [0.15, 0.2) is 0 Å². The van der Waals surface area contributed by atoms with E-state index in [9.17, 15) is 9.18 Å². The number of aromatic amines is 1. The molecule has 3 N–H and O–H groups in total. The topological polar surface area (TPSA) is 68.1 Å². The van der Waals surface area contributed by atoms with E-state index < -0.39 is 0 Å². The van der Waals surface area contributed by atoms with Crippen molar-refractivity contribution in [2.75, 3.05) is 0 Å². The van der Waals surface area contributed by atoms with Crippen molar-refractivity contribution in [2.24, 2.45) is 5.73 Å². The molecule has 31 heavy (non-hydrogen) atoms. The molecule has 2 aliphatic rings. The molecule has 0 amide bonds. The number of benzene rings is 2. The molecule has 0 aliphatic heterocycles. The molecule has 0 bridgehead atoms. The van der Waals surface area contributed by atoms with Crippen molar-refractivity contribution >= 4 is 22.4 Å². The summed E-state index contributed by atoms with van der Waals surface area (Å²) in [6.45, 7) is 0. The standard InChI is InChI=1S/C25H26ClFN2O2/c26-21-14-20-16(7-12-29-23(20)30)13-22(21)31-19-5-8-24(9-6-19,15-25(28)10-11-25)17-1-3-18(27)4-2-17/h1-4,7,12-14,19H,5-6,8-11,15,28H2,(H,29,30)/t19-,24+. The van der Waals surface area contributed by atoms with E-state index in [1.165, 1.54) is 5.56 Å². The second kappa shape index (κ2) is 7.64. The van der Waals surface area contributed by atoms with Gasteiger partial charge < -0.3 is 15.5 Å². The minimum absolute atomic E-state index is 0.0402. The summed E-state index contributed by atoms with van der Waals surface area (Å²) >= 11 is 6.43. The third kappa shape index (κ3) is 4.09. The van der Waals surface area contributed by atoms with Crippen molar-refractivity contribution in [2.45, 2.75) is 62.0 Å². The van der Waals surface area contributed by atoms with Gasteiger partial charge in [-0.2, -0.15) is 0 Å². The maximum absolute atomic E-state index is 13.5. The highest BCUT2D eigenvalue weighted by Crippen LogP contribution is 2.51. The number of halogens is 2. The van der Waals surface area contributed by atoms with E-state index in [0.29, 0.717) is 16.2 Å². The lowest BCUT2D eigenvalue weighted by Crippen LogP contribution is -2.41. The van der Waals surface area contributed by atoms with Crippen LogP contribution in [0.1, 0.15) is 50.5 Å². The van der Waals surface area contributed by atoms with Crippen LogP contribution in [0.3, 0.4) is 0 Å². The van der Waals surface area contributed by atoms with Crippen LogP contribution in [0.5, 0.6) is 5.75 Å². The first-order valence-corrected chi connectivity index (χ1v) is 11.3. The lowest BCUT2D eigenvalue weighted by molar-refractivity contribution is 0.108. The van der Waals surface area contributed by atoms with Crippen LogP contribution in [0.25, 0.3) is 10.8 Å². The van der Waals surface area contributed by atoms with E-state index in [2.05, 4.69) is 4.98 Å². The molecule has 162 valence electrons. The maximum Gasteiger partial charge on any atom is 0.255 e. The predicted octanol–water partition coefficient (Wildman–Crippen LogP) is 5.46. The highest BCUT2D eigenvalue weighted by atomic mass is 35.5. The quantitative estimate of drug-likeness (QED) is 0.553. The van der Waals surface area contributed by atoms with Gasteiger partial charge in [0.2, 0.25) is 0 Å². The second-order valence-electron chi connectivity index (χ2n) is 9.32. The number of fused-ring (bicyclic) bond motifs is 1. The summed E-state index contributed by atoms with van der Waals surface area (Å²) in [7, 11) is 0. The van der Waals surface area contributed by atoms with Crippen LogP contribution in [0.4, 0.5) is 4.39 Å². The fraction of sp³-hybridized carbons (Fsp3) is 0.400. The lowest BCUT2D eigenvalue weighted by Gasteiger charge is -2.42. The number of hydrogen-bond acceptors (Lipinski definition) is 3. The Morgan fingerprint density at radius 1 is 1.10 bits per heavy atom. The van der Waals surface area contributed by atoms with E-state index >= 15 is 0 Å². The summed E-state index contributed by atoms with van der Waals surface area (Å²) in [5, 5.41) is 1.80. The molecule has 2 saturated carbocycles. The lowest BCUT2D eigenvalue weighted by atomic mass is 9.65. The Hall–Kier alpha value is -2.37. The first kappa shape index (κ1) is 20.5. The summed E-state index contributed by atoms with van der Waals surface area (Å²) < 4.78 is 19.8. The number of nitrogens with one attached hydrogen (secondary N) is 1. The van der Waals surface area contributed by atoms with Crippen LogP contribution in [0.15, 0.2) is 53.5 Å². The minimum atomic E-state index is -0.213. The monoisotopic (exact) mass is 440 g/mol. The summed E-state index contributed by atoms with van der Waals surface area (Å²) in [5.74, 6) is 0.395. The van der Waals surface area contributed by atoms with Gasteiger partial charge >= 0.3 is 0 Å². The molecule has 3 aromatic rings. The van der Waals surface area contributed by atoms with E-state index in [-0.39, 0.29) is 28.4 Å². The van der Waals surface area contributed by atoms with Crippen LogP contribution < -0.4 is 16.0 Å². The Labute approximate surface area is 185 Å². The molecule has 0 unspecified atom stereocenters. The van der Waals surface area contributed by atoms with E-state index in [1.807, 2.05) is 24.3 Å². The molecule has 2 aromatic carbocycles. The number of pyridine rings is 1. The van der Waals surface area contributed by atoms with Gasteiger partial charge in [0.05, 0.1) is 11.1 Å². The molecule has 5 rings (SSSR count). The first-order chi connectivity index (χ1) is 14.9. The van der Waals surface area contributed by atoms with E-state index in [4.69, 9.17) is 22.1 Å². The van der Waals surface area contributed by atoms with Gasteiger partial charge in [0.25, 0.3) is 5.56 Å². The zero-order valence-corrected chi connectivity index (χ0v) is 18.1. The van der Waals surface area contributed by atoms with Crippen molar-refractivity contribution in [1.82, 2.24) is 4.98 Å². The molecular weight excluding hydrogens is 415 g/mol. The number of nitrogens with two attached hydrogens (primary N) is 1. The Kier molecular flexibility index (Phi) is 5.06. The van der Waals surface area contributed by atoms with Gasteiger partial charge in [0, 0.05) is 17.1 Å². The third-order valence-electron chi connectivity index (χ3n) is 7.05. The molecule has 6 heteroatoms. The van der Waals surface area contributed by atoms with E-state index in [0.717, 1.165) is 50.3 Å². The van der Waals surface area contributed by atoms with Gasteiger partial charge in [-0.25, -0.2) is 4.39 Å². The molecule has 0 saturated heterocycles. The maximum atomic E-state index is 13.5. The van der Waals surface area contributed by atoms with Gasteiger partial charge in [-0.15, -0.1) is 0 Å². The summed E-state index contributed by atoms with van der Waals surface area (Å²) in [5.41, 5.74) is 7.40. The number of ether oxygens (including phenoxy) is 1. The first-order valence-electron chi connectivity index (χ1n) is 10.9. The molecule has 0 atom stereocenters. The smallest absolute Gasteiger partial charge is 0.255 e. The number of H-pyrrole nitrogens is 1. The van der Waals surface area contributed by atoms with Gasteiger partial charge in [0.1, 0.15) is 11.6 Å². The van der Waals surface area contributed by atoms with Crippen LogP contribution >= 0.6 is 11.6 Å². The number of aromatic nitrogens is 1. The Balaban J connectivity index is 1.36. The molecule has 2 fully saturated rings. The summed E-state index contributed by atoms with van der Waals surface area (Å²) in [4.78, 5) is 14.7. The van der Waals surface area contributed by atoms with Crippen molar-refractivity contribution in [3.05, 3.63) is 75.4 Å². The van der Waals surface area contributed by atoms with Crippen LogP contribution in [-0.4, -0.2) is 16.6 Å².